The lowest BCUT2D eigenvalue weighted by Gasteiger charge is -2.36. The van der Waals surface area contributed by atoms with Crippen molar-refractivity contribution in [3.63, 3.8) is 0 Å². The number of hydrogen-bond acceptors (Lipinski definition) is 4. The summed E-state index contributed by atoms with van der Waals surface area (Å²) in [5.41, 5.74) is -0.322. The molecule has 0 aliphatic heterocycles. The number of alkyl carbamates (subject to hydrolysis) is 2. The Bertz CT molecular complexity index is 287. The van der Waals surface area contributed by atoms with Crippen molar-refractivity contribution in [3.8, 4) is 0 Å². The average molecular weight is 274 g/mol. The lowest BCUT2D eigenvalue weighted by molar-refractivity contribution is 0.114. The number of ether oxygens (including phenoxy) is 2. The van der Waals surface area contributed by atoms with Crippen molar-refractivity contribution in [2.45, 2.75) is 46.7 Å². The number of carbonyl (C=O) groups is 2. The van der Waals surface area contributed by atoms with Crippen LogP contribution in [-0.2, 0) is 9.47 Å². The van der Waals surface area contributed by atoms with E-state index in [1.807, 2.05) is 13.8 Å². The molecule has 2 amide bonds. The third-order valence-electron chi connectivity index (χ3n) is 3.25. The predicted molar refractivity (Wildman–Crippen MR) is 72.7 cm³/mol. The highest BCUT2D eigenvalue weighted by atomic mass is 16.5. The molecule has 0 aromatic heterocycles. The van der Waals surface area contributed by atoms with Gasteiger partial charge in [-0.3, -0.25) is 0 Å². The number of methoxy groups -OCH3 is 2. The molecular weight excluding hydrogens is 248 g/mol. The molecule has 19 heavy (non-hydrogen) atoms. The summed E-state index contributed by atoms with van der Waals surface area (Å²) in [5.74, 6) is 0.483. The van der Waals surface area contributed by atoms with Crippen LogP contribution in [0.15, 0.2) is 0 Å². The SMILES string of the molecule is CCC(C)CC(C)(C)C(NC(=O)OC)NC(=O)OC. The first kappa shape index (κ1) is 17.5. The molecule has 0 aromatic rings. The summed E-state index contributed by atoms with van der Waals surface area (Å²) in [4.78, 5) is 22.7. The maximum atomic E-state index is 11.4. The lowest BCUT2D eigenvalue weighted by Crippen LogP contribution is -2.56. The standard InChI is InChI=1S/C13H26N2O4/c1-7-9(2)8-13(3,4)10(14-11(16)18-5)15-12(17)19-6/h9-10H,7-8H2,1-6H3,(H,14,16)(H,15,17). The smallest absolute Gasteiger partial charge is 0.408 e. The van der Waals surface area contributed by atoms with E-state index in [9.17, 15) is 9.59 Å². The number of amides is 2. The third kappa shape index (κ3) is 6.31. The summed E-state index contributed by atoms with van der Waals surface area (Å²) in [7, 11) is 2.57. The van der Waals surface area contributed by atoms with Gasteiger partial charge < -0.3 is 20.1 Å². The van der Waals surface area contributed by atoms with Crippen molar-refractivity contribution >= 4 is 12.2 Å². The van der Waals surface area contributed by atoms with Crippen LogP contribution in [0.1, 0.15) is 40.5 Å². The Morgan fingerprint density at radius 3 is 1.84 bits per heavy atom. The van der Waals surface area contributed by atoms with E-state index in [1.54, 1.807) is 0 Å². The molecule has 0 heterocycles. The average Bonchev–Trinajstić information content (AvgIpc) is 2.36. The van der Waals surface area contributed by atoms with Crippen molar-refractivity contribution < 1.29 is 19.1 Å². The molecule has 2 N–H and O–H groups in total. The van der Waals surface area contributed by atoms with Gasteiger partial charge in [-0.15, -0.1) is 0 Å². The van der Waals surface area contributed by atoms with Gasteiger partial charge in [-0.2, -0.15) is 0 Å². The molecule has 0 aliphatic rings. The molecule has 0 aromatic carbocycles. The minimum Gasteiger partial charge on any atom is -0.453 e. The van der Waals surface area contributed by atoms with Gasteiger partial charge in [0.2, 0.25) is 0 Å². The van der Waals surface area contributed by atoms with E-state index in [-0.39, 0.29) is 5.41 Å². The molecule has 1 atom stereocenters. The van der Waals surface area contributed by atoms with Crippen molar-refractivity contribution in [3.05, 3.63) is 0 Å². The second-order valence-electron chi connectivity index (χ2n) is 5.41. The van der Waals surface area contributed by atoms with Crippen molar-refractivity contribution in [2.24, 2.45) is 11.3 Å². The molecular formula is C13H26N2O4. The summed E-state index contributed by atoms with van der Waals surface area (Å²) in [6.07, 6.45) is 0.160. The second kappa shape index (κ2) is 7.86. The van der Waals surface area contributed by atoms with Gasteiger partial charge in [0.25, 0.3) is 0 Å². The first-order valence-corrected chi connectivity index (χ1v) is 6.45. The molecule has 0 aliphatic carbocycles. The molecule has 0 bridgehead atoms. The van der Waals surface area contributed by atoms with Gasteiger partial charge in [0.15, 0.2) is 0 Å². The van der Waals surface area contributed by atoms with Gasteiger partial charge in [-0.1, -0.05) is 34.1 Å². The van der Waals surface area contributed by atoms with Crippen LogP contribution in [0, 0.1) is 11.3 Å². The van der Waals surface area contributed by atoms with Crippen LogP contribution < -0.4 is 10.6 Å². The monoisotopic (exact) mass is 274 g/mol. The van der Waals surface area contributed by atoms with Gasteiger partial charge >= 0.3 is 12.2 Å². The fourth-order valence-electron chi connectivity index (χ4n) is 1.94. The topological polar surface area (TPSA) is 76.7 Å². The van der Waals surface area contributed by atoms with Gasteiger partial charge in [0.1, 0.15) is 6.17 Å². The van der Waals surface area contributed by atoms with Gasteiger partial charge in [-0.25, -0.2) is 9.59 Å². The summed E-state index contributed by atoms with van der Waals surface area (Å²) >= 11 is 0. The highest BCUT2D eigenvalue weighted by Crippen LogP contribution is 2.29. The number of carbonyl (C=O) groups excluding carboxylic acids is 2. The van der Waals surface area contributed by atoms with Crippen molar-refractivity contribution in [1.82, 2.24) is 10.6 Å². The first-order valence-electron chi connectivity index (χ1n) is 6.45. The fourth-order valence-corrected chi connectivity index (χ4v) is 1.94. The van der Waals surface area contributed by atoms with Crippen LogP contribution in [0.25, 0.3) is 0 Å². The summed E-state index contributed by atoms with van der Waals surface area (Å²) in [6.45, 7) is 8.21. The summed E-state index contributed by atoms with van der Waals surface area (Å²) in [6, 6.07) is 0. The lowest BCUT2D eigenvalue weighted by atomic mass is 9.79. The van der Waals surface area contributed by atoms with E-state index in [2.05, 4.69) is 34.0 Å². The third-order valence-corrected chi connectivity index (χ3v) is 3.25. The molecule has 0 rings (SSSR count). The number of rotatable bonds is 6. The Morgan fingerprint density at radius 1 is 1.11 bits per heavy atom. The van der Waals surface area contributed by atoms with Crippen LogP contribution in [0.4, 0.5) is 9.59 Å². The van der Waals surface area contributed by atoms with E-state index < -0.39 is 18.4 Å². The van der Waals surface area contributed by atoms with Crippen LogP contribution in [0.2, 0.25) is 0 Å². The van der Waals surface area contributed by atoms with Crippen molar-refractivity contribution in [2.75, 3.05) is 14.2 Å². The zero-order chi connectivity index (χ0) is 15.1. The minimum absolute atomic E-state index is 0.322. The highest BCUT2D eigenvalue weighted by Gasteiger charge is 2.33. The first-order chi connectivity index (χ1) is 8.76. The summed E-state index contributed by atoms with van der Waals surface area (Å²) in [5, 5.41) is 5.26. The minimum atomic E-state index is -0.585. The van der Waals surface area contributed by atoms with E-state index in [1.165, 1.54) is 14.2 Å². The maximum absolute atomic E-state index is 11.4. The Morgan fingerprint density at radius 2 is 1.53 bits per heavy atom. The zero-order valence-corrected chi connectivity index (χ0v) is 12.7. The van der Waals surface area contributed by atoms with Crippen LogP contribution in [0.3, 0.4) is 0 Å². The Hall–Kier alpha value is -1.46. The molecule has 0 saturated carbocycles. The molecule has 0 fully saturated rings. The van der Waals surface area contributed by atoms with E-state index in [4.69, 9.17) is 0 Å². The van der Waals surface area contributed by atoms with Gasteiger partial charge in [0, 0.05) is 5.41 Å². The van der Waals surface area contributed by atoms with E-state index in [0.717, 1.165) is 12.8 Å². The zero-order valence-electron chi connectivity index (χ0n) is 12.7. The summed E-state index contributed by atoms with van der Waals surface area (Å²) < 4.78 is 9.16. The normalized spacial score (nSPS) is 12.8. The van der Waals surface area contributed by atoms with Crippen LogP contribution in [0.5, 0.6) is 0 Å². The number of nitrogens with one attached hydrogen (secondary N) is 2. The van der Waals surface area contributed by atoms with Crippen molar-refractivity contribution in [1.29, 1.82) is 0 Å². The van der Waals surface area contributed by atoms with Gasteiger partial charge in [0.05, 0.1) is 14.2 Å². The van der Waals surface area contributed by atoms with E-state index in [0.29, 0.717) is 5.92 Å². The second-order valence-corrected chi connectivity index (χ2v) is 5.41. The highest BCUT2D eigenvalue weighted by molar-refractivity contribution is 5.70. The van der Waals surface area contributed by atoms with Gasteiger partial charge in [-0.05, 0) is 12.3 Å². The van der Waals surface area contributed by atoms with Crippen LogP contribution in [-0.4, -0.2) is 32.6 Å². The molecule has 6 heteroatoms. The Balaban J connectivity index is 4.87. The quantitative estimate of drug-likeness (QED) is 0.729. The Kier molecular flexibility index (Phi) is 7.26. The Labute approximate surface area is 115 Å². The molecule has 0 saturated heterocycles. The largest absolute Gasteiger partial charge is 0.453 e. The van der Waals surface area contributed by atoms with Crippen LogP contribution >= 0.6 is 0 Å². The molecule has 0 radical (unpaired) electrons. The predicted octanol–water partition coefficient (Wildman–Crippen LogP) is 2.49. The fraction of sp³-hybridized carbons (Fsp3) is 0.846. The number of hydrogen-bond donors (Lipinski definition) is 2. The maximum Gasteiger partial charge on any atom is 0.408 e. The molecule has 112 valence electrons. The molecule has 1 unspecified atom stereocenters. The molecule has 6 nitrogen and oxygen atoms in total. The molecule has 0 spiro atoms. The van der Waals surface area contributed by atoms with E-state index >= 15 is 0 Å².